The van der Waals surface area contributed by atoms with E-state index in [1.54, 1.807) is 24.3 Å². The minimum atomic E-state index is -3.82. The molecule has 0 bridgehead atoms. The normalized spacial score (nSPS) is 11.3. The fraction of sp³-hybridized carbons (Fsp3) is 0.0435. The number of carbonyl (C=O) groups excluding carboxylic acids is 1. The molecule has 0 aliphatic heterocycles. The van der Waals surface area contributed by atoms with Crippen LogP contribution >= 0.6 is 0 Å². The first-order valence-corrected chi connectivity index (χ1v) is 11.2. The number of hydrogen-bond donors (Lipinski definition) is 2. The predicted molar refractivity (Wildman–Crippen MR) is 120 cm³/mol. The number of primary sulfonamides is 1. The van der Waals surface area contributed by atoms with Gasteiger partial charge in [0.2, 0.25) is 15.9 Å². The Morgan fingerprint density at radius 1 is 0.969 bits per heavy atom. The predicted octanol–water partition coefficient (Wildman–Crippen LogP) is 3.64. The molecule has 32 heavy (non-hydrogen) atoms. The molecule has 0 radical (unpaired) electrons. The van der Waals surface area contributed by atoms with Gasteiger partial charge in [-0.1, -0.05) is 42.5 Å². The molecule has 0 atom stereocenters. The monoisotopic (exact) mass is 450 g/mol. The zero-order valence-electron chi connectivity index (χ0n) is 16.8. The van der Waals surface area contributed by atoms with Crippen molar-refractivity contribution >= 4 is 21.6 Å². The Hall–Kier alpha value is -3.82. The molecule has 4 aromatic rings. The zero-order chi connectivity index (χ0) is 22.7. The second kappa shape index (κ2) is 8.74. The minimum absolute atomic E-state index is 0.0584. The van der Waals surface area contributed by atoms with E-state index < -0.39 is 21.7 Å². The third kappa shape index (κ3) is 4.74. The van der Waals surface area contributed by atoms with Gasteiger partial charge in [-0.3, -0.25) is 9.48 Å². The molecule has 7 nitrogen and oxygen atoms in total. The molecule has 1 amide bonds. The first-order chi connectivity index (χ1) is 15.3. The Kier molecular flexibility index (Phi) is 5.85. The highest BCUT2D eigenvalue weighted by atomic mass is 32.2. The Morgan fingerprint density at radius 3 is 2.28 bits per heavy atom. The van der Waals surface area contributed by atoms with E-state index in [4.69, 9.17) is 5.14 Å². The van der Waals surface area contributed by atoms with E-state index in [-0.39, 0.29) is 11.4 Å². The molecule has 0 spiro atoms. The number of sulfonamides is 1. The van der Waals surface area contributed by atoms with Gasteiger partial charge in [0.1, 0.15) is 12.4 Å². The third-order valence-electron chi connectivity index (χ3n) is 4.76. The number of nitrogens with zero attached hydrogens (tertiary/aromatic N) is 2. The summed E-state index contributed by atoms with van der Waals surface area (Å²) in [4.78, 5) is 12.6. The highest BCUT2D eigenvalue weighted by Crippen LogP contribution is 2.28. The van der Waals surface area contributed by atoms with Crippen molar-refractivity contribution in [2.75, 3.05) is 5.32 Å². The molecule has 0 saturated carbocycles. The molecule has 3 N–H and O–H groups in total. The Balaban J connectivity index is 1.63. The van der Waals surface area contributed by atoms with Gasteiger partial charge in [0.15, 0.2) is 0 Å². The molecule has 0 aliphatic carbocycles. The molecule has 0 fully saturated rings. The highest BCUT2D eigenvalue weighted by Gasteiger charge is 2.17. The molecule has 9 heteroatoms. The second-order valence-electron chi connectivity index (χ2n) is 7.04. The molecule has 4 rings (SSSR count). The molecular weight excluding hydrogens is 431 g/mol. The lowest BCUT2D eigenvalue weighted by Crippen LogP contribution is -2.20. The molecule has 1 aromatic heterocycles. The Morgan fingerprint density at radius 2 is 1.62 bits per heavy atom. The van der Waals surface area contributed by atoms with Crippen molar-refractivity contribution in [3.8, 4) is 22.5 Å². The fourth-order valence-corrected chi connectivity index (χ4v) is 3.75. The summed E-state index contributed by atoms with van der Waals surface area (Å²) < 4.78 is 38.7. The number of hydrogen-bond acceptors (Lipinski definition) is 4. The number of nitrogens with one attached hydrogen (secondary N) is 1. The number of rotatable bonds is 6. The van der Waals surface area contributed by atoms with Crippen molar-refractivity contribution in [3.05, 3.63) is 90.7 Å². The van der Waals surface area contributed by atoms with Crippen molar-refractivity contribution in [3.63, 3.8) is 0 Å². The van der Waals surface area contributed by atoms with Crippen molar-refractivity contribution in [2.24, 2.45) is 5.14 Å². The molecule has 162 valence electrons. The van der Waals surface area contributed by atoms with E-state index in [0.717, 1.165) is 5.56 Å². The first kappa shape index (κ1) is 21.4. The quantitative estimate of drug-likeness (QED) is 0.468. The van der Waals surface area contributed by atoms with Gasteiger partial charge >= 0.3 is 0 Å². The van der Waals surface area contributed by atoms with Gasteiger partial charge in [-0.2, -0.15) is 5.10 Å². The maximum Gasteiger partial charge on any atom is 0.246 e. The van der Waals surface area contributed by atoms with Crippen molar-refractivity contribution in [1.82, 2.24) is 9.78 Å². The van der Waals surface area contributed by atoms with Gasteiger partial charge in [0.25, 0.3) is 0 Å². The van der Waals surface area contributed by atoms with E-state index in [9.17, 15) is 17.6 Å². The lowest BCUT2D eigenvalue weighted by Gasteiger charge is -2.09. The lowest BCUT2D eigenvalue weighted by atomic mass is 10.1. The Labute approximate surface area is 184 Å². The summed E-state index contributed by atoms with van der Waals surface area (Å²) in [5.74, 6) is -0.832. The van der Waals surface area contributed by atoms with Crippen LogP contribution < -0.4 is 10.5 Å². The topological polar surface area (TPSA) is 107 Å². The average molecular weight is 450 g/mol. The molecule has 3 aromatic carbocycles. The maximum absolute atomic E-state index is 14.5. The van der Waals surface area contributed by atoms with Crippen molar-refractivity contribution < 1.29 is 17.6 Å². The summed E-state index contributed by atoms with van der Waals surface area (Å²) in [5, 5.41) is 12.3. The molecular formula is C23H19FN4O3S. The van der Waals surface area contributed by atoms with Crippen LogP contribution in [0, 0.1) is 5.82 Å². The number of aromatic nitrogens is 2. The molecule has 1 heterocycles. The van der Waals surface area contributed by atoms with Gasteiger partial charge in [0.05, 0.1) is 16.3 Å². The van der Waals surface area contributed by atoms with Gasteiger partial charge in [-0.25, -0.2) is 17.9 Å². The van der Waals surface area contributed by atoms with Gasteiger partial charge < -0.3 is 5.32 Å². The van der Waals surface area contributed by atoms with Gasteiger partial charge in [0, 0.05) is 16.8 Å². The van der Waals surface area contributed by atoms with Crippen LogP contribution in [-0.4, -0.2) is 24.1 Å². The van der Waals surface area contributed by atoms with E-state index >= 15 is 0 Å². The standard InChI is InChI=1S/C23H19FN4O3S/c24-20-9-5-4-8-19(20)22-14-21(16-6-2-1-3-7-16)27-28(22)15-23(29)26-17-10-12-18(13-11-17)32(25,30)31/h1-14H,15H2,(H,26,29)(H2,25,30,31). The average Bonchev–Trinajstić information content (AvgIpc) is 3.18. The van der Waals surface area contributed by atoms with E-state index in [2.05, 4.69) is 10.4 Å². The zero-order valence-corrected chi connectivity index (χ0v) is 17.6. The number of benzene rings is 3. The number of amides is 1. The van der Waals surface area contributed by atoms with Crippen LogP contribution in [0.1, 0.15) is 0 Å². The van der Waals surface area contributed by atoms with Crippen LogP contribution in [-0.2, 0) is 21.4 Å². The van der Waals surface area contributed by atoms with Crippen LogP contribution in [0.4, 0.5) is 10.1 Å². The van der Waals surface area contributed by atoms with Crippen molar-refractivity contribution in [2.45, 2.75) is 11.4 Å². The smallest absolute Gasteiger partial charge is 0.246 e. The molecule has 0 unspecified atom stereocenters. The summed E-state index contributed by atoms with van der Waals surface area (Å²) in [6.07, 6.45) is 0. The van der Waals surface area contributed by atoms with Gasteiger partial charge in [-0.15, -0.1) is 0 Å². The minimum Gasteiger partial charge on any atom is -0.324 e. The summed E-state index contributed by atoms with van der Waals surface area (Å²) >= 11 is 0. The number of carbonyl (C=O) groups is 1. The van der Waals surface area contributed by atoms with Gasteiger partial charge in [-0.05, 0) is 42.5 Å². The van der Waals surface area contributed by atoms with Crippen LogP contribution in [0.25, 0.3) is 22.5 Å². The van der Waals surface area contributed by atoms with E-state index in [1.165, 1.54) is 35.0 Å². The molecule has 0 aliphatic rings. The number of halogens is 1. The first-order valence-electron chi connectivity index (χ1n) is 9.62. The van der Waals surface area contributed by atoms with E-state index in [1.807, 2.05) is 30.3 Å². The lowest BCUT2D eigenvalue weighted by molar-refractivity contribution is -0.116. The second-order valence-corrected chi connectivity index (χ2v) is 8.60. The maximum atomic E-state index is 14.5. The highest BCUT2D eigenvalue weighted by molar-refractivity contribution is 7.89. The van der Waals surface area contributed by atoms with Crippen LogP contribution in [0.5, 0.6) is 0 Å². The number of nitrogens with two attached hydrogens (primary N) is 1. The summed E-state index contributed by atoms with van der Waals surface area (Å²) in [6.45, 7) is -0.173. The summed E-state index contributed by atoms with van der Waals surface area (Å²) in [6, 6.07) is 22.9. The SMILES string of the molecule is NS(=O)(=O)c1ccc(NC(=O)Cn2nc(-c3ccccc3)cc2-c2ccccc2F)cc1. The summed E-state index contributed by atoms with van der Waals surface area (Å²) in [5.41, 5.74) is 2.62. The Bertz CT molecular complexity index is 1370. The number of anilines is 1. The van der Waals surface area contributed by atoms with Crippen LogP contribution in [0.2, 0.25) is 0 Å². The van der Waals surface area contributed by atoms with Crippen LogP contribution in [0.3, 0.4) is 0 Å². The summed E-state index contributed by atoms with van der Waals surface area (Å²) in [7, 11) is -3.82. The fourth-order valence-electron chi connectivity index (χ4n) is 3.24. The van der Waals surface area contributed by atoms with E-state index in [0.29, 0.717) is 22.6 Å². The van der Waals surface area contributed by atoms with Crippen LogP contribution in [0.15, 0.2) is 89.8 Å². The van der Waals surface area contributed by atoms with Crippen molar-refractivity contribution in [1.29, 1.82) is 0 Å². The molecule has 0 saturated heterocycles. The largest absolute Gasteiger partial charge is 0.324 e. The third-order valence-corrected chi connectivity index (χ3v) is 5.69.